The molecule has 0 unspecified atom stereocenters. The first-order valence-corrected chi connectivity index (χ1v) is 2.51. The van der Waals surface area contributed by atoms with Gasteiger partial charge in [0.25, 0.3) is 0 Å². The predicted octanol–water partition coefficient (Wildman–Crippen LogP) is 1.76. The molecule has 0 saturated carbocycles. The monoisotopic (exact) mass is 124 g/mol. The second-order valence-corrected chi connectivity index (χ2v) is 1.49. The fourth-order valence-electron chi connectivity index (χ4n) is 0.519. The lowest BCUT2D eigenvalue weighted by Crippen LogP contribution is -1.85. The van der Waals surface area contributed by atoms with Gasteiger partial charge in [0, 0.05) is 25.1 Å². The molecule has 0 fully saturated rings. The molecule has 50 valence electrons. The lowest BCUT2D eigenvalue weighted by Gasteiger charge is -1.93. The molecule has 0 bridgehead atoms. The Kier molecular flexibility index (Phi) is 3.44. The molecule has 0 spiro atoms. The standard InChI is InChI=1S/C6H8N2.CH4/c1-7-6-2-4-8-5-3-6;/h2-5H,1H3,(H,7,8);1H4. The fourth-order valence-corrected chi connectivity index (χ4v) is 0.519. The van der Waals surface area contributed by atoms with Gasteiger partial charge in [-0.2, -0.15) is 0 Å². The van der Waals surface area contributed by atoms with Crippen LogP contribution >= 0.6 is 0 Å². The van der Waals surface area contributed by atoms with Gasteiger partial charge in [-0.1, -0.05) is 7.43 Å². The van der Waals surface area contributed by atoms with Gasteiger partial charge in [-0.3, -0.25) is 4.98 Å². The molecule has 0 atom stereocenters. The van der Waals surface area contributed by atoms with Crippen molar-refractivity contribution in [2.24, 2.45) is 0 Å². The zero-order valence-electron chi connectivity index (χ0n) is 4.76. The number of pyridine rings is 1. The maximum absolute atomic E-state index is 3.85. The van der Waals surface area contributed by atoms with Gasteiger partial charge in [-0.25, -0.2) is 0 Å². The molecule has 1 rings (SSSR count). The van der Waals surface area contributed by atoms with Crippen LogP contribution in [0.5, 0.6) is 0 Å². The Hall–Kier alpha value is -1.05. The van der Waals surface area contributed by atoms with Crippen LogP contribution in [0.1, 0.15) is 7.43 Å². The highest BCUT2D eigenvalue weighted by atomic mass is 14.8. The average molecular weight is 124 g/mol. The van der Waals surface area contributed by atoms with E-state index in [4.69, 9.17) is 0 Å². The van der Waals surface area contributed by atoms with Crippen LogP contribution in [-0.4, -0.2) is 12.0 Å². The van der Waals surface area contributed by atoms with Crippen molar-refractivity contribution < 1.29 is 0 Å². The van der Waals surface area contributed by atoms with E-state index in [1.165, 1.54) is 0 Å². The Morgan fingerprint density at radius 2 is 1.89 bits per heavy atom. The minimum absolute atomic E-state index is 0. The predicted molar refractivity (Wildman–Crippen MR) is 40.5 cm³/mol. The Bertz CT molecular complexity index is 148. The van der Waals surface area contributed by atoms with Crippen LogP contribution < -0.4 is 5.32 Å². The Morgan fingerprint density at radius 1 is 1.33 bits per heavy atom. The van der Waals surface area contributed by atoms with Crippen LogP contribution in [0.25, 0.3) is 0 Å². The Balaban J connectivity index is 0.000000640. The zero-order valence-corrected chi connectivity index (χ0v) is 4.76. The minimum Gasteiger partial charge on any atom is -0.388 e. The van der Waals surface area contributed by atoms with Crippen LogP contribution in [0.3, 0.4) is 0 Å². The number of anilines is 1. The van der Waals surface area contributed by atoms with E-state index in [0.717, 1.165) is 5.69 Å². The van der Waals surface area contributed by atoms with Crippen LogP contribution in [0.2, 0.25) is 0 Å². The first-order valence-electron chi connectivity index (χ1n) is 2.51. The molecule has 0 aliphatic heterocycles. The van der Waals surface area contributed by atoms with E-state index in [9.17, 15) is 0 Å². The molecule has 1 heterocycles. The lowest BCUT2D eigenvalue weighted by molar-refractivity contribution is 1.32. The van der Waals surface area contributed by atoms with Crippen molar-refractivity contribution in [3.8, 4) is 0 Å². The van der Waals surface area contributed by atoms with Crippen molar-refractivity contribution in [1.29, 1.82) is 0 Å². The number of rotatable bonds is 1. The number of nitrogens with zero attached hydrogens (tertiary/aromatic N) is 1. The van der Waals surface area contributed by atoms with Crippen molar-refractivity contribution in [3.05, 3.63) is 24.5 Å². The van der Waals surface area contributed by atoms with Crippen LogP contribution in [0.15, 0.2) is 24.5 Å². The molecule has 0 radical (unpaired) electrons. The van der Waals surface area contributed by atoms with E-state index < -0.39 is 0 Å². The summed E-state index contributed by atoms with van der Waals surface area (Å²) in [6, 6.07) is 3.83. The molecular formula is C7H12N2. The quantitative estimate of drug-likeness (QED) is 0.617. The van der Waals surface area contributed by atoms with E-state index >= 15 is 0 Å². The Labute approximate surface area is 55.9 Å². The SMILES string of the molecule is C.CNc1ccncc1. The minimum atomic E-state index is 0. The second-order valence-electron chi connectivity index (χ2n) is 1.49. The maximum atomic E-state index is 3.85. The maximum Gasteiger partial charge on any atom is 0.0368 e. The summed E-state index contributed by atoms with van der Waals surface area (Å²) in [4.78, 5) is 3.85. The normalized spacial score (nSPS) is 7.67. The van der Waals surface area contributed by atoms with E-state index in [0.29, 0.717) is 0 Å². The summed E-state index contributed by atoms with van der Waals surface area (Å²) in [5, 5.41) is 2.99. The summed E-state index contributed by atoms with van der Waals surface area (Å²) in [5.74, 6) is 0. The highest BCUT2D eigenvalue weighted by molar-refractivity contribution is 5.39. The molecule has 0 aliphatic rings. The van der Waals surface area contributed by atoms with Crippen molar-refractivity contribution in [1.82, 2.24) is 4.98 Å². The lowest BCUT2D eigenvalue weighted by atomic mass is 10.4. The third-order valence-corrected chi connectivity index (χ3v) is 0.969. The summed E-state index contributed by atoms with van der Waals surface area (Å²) in [7, 11) is 1.88. The van der Waals surface area contributed by atoms with Gasteiger partial charge in [0.05, 0.1) is 0 Å². The fraction of sp³-hybridized carbons (Fsp3) is 0.286. The molecule has 1 aromatic rings. The molecule has 0 amide bonds. The van der Waals surface area contributed by atoms with Crippen LogP contribution in [-0.2, 0) is 0 Å². The van der Waals surface area contributed by atoms with Crippen molar-refractivity contribution in [2.75, 3.05) is 12.4 Å². The molecule has 0 saturated heterocycles. The van der Waals surface area contributed by atoms with Gasteiger partial charge in [-0.15, -0.1) is 0 Å². The second kappa shape index (κ2) is 3.89. The highest BCUT2D eigenvalue weighted by Gasteiger charge is 1.78. The third kappa shape index (κ3) is 2.13. The summed E-state index contributed by atoms with van der Waals surface area (Å²) < 4.78 is 0. The average Bonchev–Trinajstić information content (AvgIpc) is 1.90. The largest absolute Gasteiger partial charge is 0.388 e. The number of hydrogen-bond acceptors (Lipinski definition) is 2. The topological polar surface area (TPSA) is 24.9 Å². The molecule has 0 aliphatic carbocycles. The zero-order chi connectivity index (χ0) is 5.82. The van der Waals surface area contributed by atoms with Gasteiger partial charge in [-0.05, 0) is 12.1 Å². The number of nitrogens with one attached hydrogen (secondary N) is 1. The Morgan fingerprint density at radius 3 is 2.22 bits per heavy atom. The van der Waals surface area contributed by atoms with E-state index in [1.54, 1.807) is 12.4 Å². The highest BCUT2D eigenvalue weighted by Crippen LogP contribution is 1.99. The third-order valence-electron chi connectivity index (χ3n) is 0.969. The van der Waals surface area contributed by atoms with E-state index in [-0.39, 0.29) is 7.43 Å². The molecule has 2 heteroatoms. The molecular weight excluding hydrogens is 112 g/mol. The van der Waals surface area contributed by atoms with Gasteiger partial charge in [0.15, 0.2) is 0 Å². The summed E-state index contributed by atoms with van der Waals surface area (Å²) in [6.07, 6.45) is 3.51. The van der Waals surface area contributed by atoms with Crippen molar-refractivity contribution >= 4 is 5.69 Å². The number of aromatic nitrogens is 1. The molecule has 0 aromatic carbocycles. The first-order chi connectivity index (χ1) is 3.93. The summed E-state index contributed by atoms with van der Waals surface area (Å²) in [6.45, 7) is 0. The van der Waals surface area contributed by atoms with Gasteiger partial charge >= 0.3 is 0 Å². The summed E-state index contributed by atoms with van der Waals surface area (Å²) in [5.41, 5.74) is 1.10. The van der Waals surface area contributed by atoms with Crippen molar-refractivity contribution in [3.63, 3.8) is 0 Å². The van der Waals surface area contributed by atoms with Crippen LogP contribution in [0, 0.1) is 0 Å². The van der Waals surface area contributed by atoms with Crippen molar-refractivity contribution in [2.45, 2.75) is 7.43 Å². The molecule has 1 N–H and O–H groups in total. The number of hydrogen-bond donors (Lipinski definition) is 1. The molecule has 2 nitrogen and oxygen atoms in total. The van der Waals surface area contributed by atoms with Crippen LogP contribution in [0.4, 0.5) is 5.69 Å². The van der Waals surface area contributed by atoms with Gasteiger partial charge < -0.3 is 5.32 Å². The smallest absolute Gasteiger partial charge is 0.0368 e. The summed E-state index contributed by atoms with van der Waals surface area (Å²) >= 11 is 0. The van der Waals surface area contributed by atoms with Gasteiger partial charge in [0.2, 0.25) is 0 Å². The van der Waals surface area contributed by atoms with E-state index in [1.807, 2.05) is 19.2 Å². The molecule has 1 aromatic heterocycles. The molecule has 9 heavy (non-hydrogen) atoms. The first kappa shape index (κ1) is 7.95. The van der Waals surface area contributed by atoms with Gasteiger partial charge in [0.1, 0.15) is 0 Å². The van der Waals surface area contributed by atoms with E-state index in [2.05, 4.69) is 10.3 Å².